The first-order chi connectivity index (χ1) is 22.6. The molecule has 0 fully saturated rings. The van der Waals surface area contributed by atoms with E-state index >= 15 is 0 Å². The van der Waals surface area contributed by atoms with Crippen LogP contribution >= 0.6 is 0 Å². The van der Waals surface area contributed by atoms with Crippen LogP contribution in [0.5, 0.6) is 0 Å². The minimum absolute atomic E-state index is 0.119. The molecule has 6 aromatic carbocycles. The van der Waals surface area contributed by atoms with E-state index in [1.807, 2.05) is 66.7 Å². The first-order valence-corrected chi connectivity index (χ1v) is 15.2. The van der Waals surface area contributed by atoms with Crippen molar-refractivity contribution < 1.29 is 4.42 Å². The van der Waals surface area contributed by atoms with Crippen LogP contribution in [0.2, 0.25) is 0 Å². The zero-order valence-electron chi connectivity index (χ0n) is 24.9. The van der Waals surface area contributed by atoms with E-state index < -0.39 is 0 Å². The van der Waals surface area contributed by atoms with Gasteiger partial charge in [-0.25, -0.2) is 14.8 Å². The summed E-state index contributed by atoms with van der Waals surface area (Å²) in [6.45, 7) is 0. The van der Waals surface area contributed by atoms with E-state index in [2.05, 4.69) is 71.7 Å². The molecule has 0 spiro atoms. The summed E-state index contributed by atoms with van der Waals surface area (Å²) < 4.78 is 7.76. The highest BCUT2D eigenvalue weighted by atomic mass is 16.3. The fraction of sp³-hybridized carbons (Fsp3) is 0.0250. The minimum Gasteiger partial charge on any atom is -0.456 e. The highest BCUT2D eigenvalue weighted by molar-refractivity contribution is 6.10. The van der Waals surface area contributed by atoms with E-state index in [4.69, 9.17) is 14.4 Å². The summed E-state index contributed by atoms with van der Waals surface area (Å²) in [7, 11) is 1.78. The SMILES string of the molecule is Cn1c(=O)[nH]c2ccc(-c3ccc(-c4cc(-c5ccc6cc7oc8ccccc8c7cc6c5)nc(-c5ccccc5)n4)cc3)cc21. The van der Waals surface area contributed by atoms with E-state index in [0.717, 1.165) is 82.9 Å². The number of aryl methyl sites for hydroxylation is 1. The lowest BCUT2D eigenvalue weighted by molar-refractivity contribution is 0.669. The van der Waals surface area contributed by atoms with Crippen LogP contribution in [-0.4, -0.2) is 19.5 Å². The van der Waals surface area contributed by atoms with Gasteiger partial charge in [0, 0.05) is 34.5 Å². The molecule has 0 radical (unpaired) electrons. The lowest BCUT2D eigenvalue weighted by Gasteiger charge is -2.11. The largest absolute Gasteiger partial charge is 0.456 e. The normalized spacial score (nSPS) is 11.7. The molecular weight excluding hydrogens is 568 g/mol. The number of nitrogens with one attached hydrogen (secondary N) is 1. The molecule has 9 rings (SSSR count). The van der Waals surface area contributed by atoms with Crippen molar-refractivity contribution in [2.75, 3.05) is 0 Å². The topological polar surface area (TPSA) is 76.7 Å². The molecule has 0 saturated carbocycles. The molecule has 218 valence electrons. The van der Waals surface area contributed by atoms with Gasteiger partial charge >= 0.3 is 5.69 Å². The Labute approximate surface area is 263 Å². The first kappa shape index (κ1) is 26.2. The van der Waals surface area contributed by atoms with Crippen molar-refractivity contribution in [1.29, 1.82) is 0 Å². The van der Waals surface area contributed by atoms with Gasteiger partial charge in [-0.05, 0) is 64.4 Å². The van der Waals surface area contributed by atoms with Crippen molar-refractivity contribution in [3.05, 3.63) is 144 Å². The Kier molecular flexibility index (Phi) is 5.77. The molecule has 1 N–H and O–H groups in total. The molecular formula is C40H26N4O2. The molecule has 3 heterocycles. The zero-order chi connectivity index (χ0) is 30.8. The van der Waals surface area contributed by atoms with Gasteiger partial charge < -0.3 is 9.40 Å². The van der Waals surface area contributed by atoms with Crippen molar-refractivity contribution in [3.8, 4) is 45.0 Å². The quantitative estimate of drug-likeness (QED) is 0.220. The summed E-state index contributed by atoms with van der Waals surface area (Å²) >= 11 is 0. The van der Waals surface area contributed by atoms with Crippen molar-refractivity contribution in [2.24, 2.45) is 7.05 Å². The number of rotatable bonds is 4. The molecule has 0 amide bonds. The summed E-state index contributed by atoms with van der Waals surface area (Å²) in [6.07, 6.45) is 0. The number of nitrogens with zero attached hydrogens (tertiary/aromatic N) is 3. The molecule has 0 aliphatic carbocycles. The van der Waals surface area contributed by atoms with E-state index in [-0.39, 0.29) is 5.69 Å². The number of benzene rings is 6. The monoisotopic (exact) mass is 594 g/mol. The number of imidazole rings is 1. The van der Waals surface area contributed by atoms with Gasteiger partial charge in [0.15, 0.2) is 5.82 Å². The fourth-order valence-electron chi connectivity index (χ4n) is 6.32. The van der Waals surface area contributed by atoms with E-state index in [9.17, 15) is 4.79 Å². The van der Waals surface area contributed by atoms with Crippen LogP contribution in [0.25, 0.3) is 88.8 Å². The summed E-state index contributed by atoms with van der Waals surface area (Å²) in [5, 5.41) is 4.45. The van der Waals surface area contributed by atoms with Crippen LogP contribution in [0.3, 0.4) is 0 Å². The Morgan fingerprint density at radius 2 is 1.28 bits per heavy atom. The maximum atomic E-state index is 12.1. The molecule has 0 bridgehead atoms. The highest BCUT2D eigenvalue weighted by Crippen LogP contribution is 2.35. The van der Waals surface area contributed by atoms with Gasteiger partial charge in [0.2, 0.25) is 0 Å². The Morgan fingerprint density at radius 1 is 0.565 bits per heavy atom. The Hall–Kier alpha value is -6.27. The molecule has 0 atom stereocenters. The zero-order valence-corrected chi connectivity index (χ0v) is 24.9. The second-order valence-electron chi connectivity index (χ2n) is 11.6. The number of furan rings is 1. The first-order valence-electron chi connectivity index (χ1n) is 15.2. The van der Waals surface area contributed by atoms with Gasteiger partial charge in [-0.2, -0.15) is 0 Å². The predicted octanol–water partition coefficient (Wildman–Crippen LogP) is 9.38. The molecule has 0 saturated heterocycles. The van der Waals surface area contributed by atoms with Crippen molar-refractivity contribution in [2.45, 2.75) is 0 Å². The maximum Gasteiger partial charge on any atom is 0.326 e. The number of fused-ring (bicyclic) bond motifs is 5. The maximum absolute atomic E-state index is 12.1. The van der Waals surface area contributed by atoms with Crippen LogP contribution in [0, 0.1) is 0 Å². The number of hydrogen-bond acceptors (Lipinski definition) is 4. The Morgan fingerprint density at radius 3 is 2.13 bits per heavy atom. The lowest BCUT2D eigenvalue weighted by Crippen LogP contribution is -2.11. The Balaban J connectivity index is 1.15. The average molecular weight is 595 g/mol. The molecule has 6 heteroatoms. The summed E-state index contributed by atoms with van der Waals surface area (Å²) in [4.78, 5) is 25.1. The van der Waals surface area contributed by atoms with Crippen LogP contribution in [0.4, 0.5) is 0 Å². The molecule has 6 nitrogen and oxygen atoms in total. The van der Waals surface area contributed by atoms with Crippen LogP contribution in [0.15, 0.2) is 143 Å². The third-order valence-electron chi connectivity index (χ3n) is 8.81. The molecule has 3 aromatic heterocycles. The van der Waals surface area contributed by atoms with Gasteiger partial charge in [-0.1, -0.05) is 91.0 Å². The van der Waals surface area contributed by atoms with E-state index in [1.54, 1.807) is 11.6 Å². The second-order valence-corrected chi connectivity index (χ2v) is 11.6. The molecule has 0 aliphatic heterocycles. The molecule has 9 aromatic rings. The van der Waals surface area contributed by atoms with Gasteiger partial charge in [-0.15, -0.1) is 0 Å². The Bertz CT molecular complexity index is 2660. The number of H-pyrrole nitrogens is 1. The number of aromatic nitrogens is 4. The third-order valence-corrected chi connectivity index (χ3v) is 8.81. The predicted molar refractivity (Wildman–Crippen MR) is 186 cm³/mol. The van der Waals surface area contributed by atoms with Crippen molar-refractivity contribution >= 4 is 43.7 Å². The van der Waals surface area contributed by atoms with E-state index in [0.29, 0.717) is 5.82 Å². The fourth-order valence-corrected chi connectivity index (χ4v) is 6.32. The van der Waals surface area contributed by atoms with Gasteiger partial charge in [-0.3, -0.25) is 4.57 Å². The second kappa shape index (κ2) is 10.1. The molecule has 0 aliphatic rings. The third kappa shape index (κ3) is 4.31. The van der Waals surface area contributed by atoms with Gasteiger partial charge in [0.25, 0.3) is 0 Å². The van der Waals surface area contributed by atoms with Crippen molar-refractivity contribution in [3.63, 3.8) is 0 Å². The number of aromatic amines is 1. The van der Waals surface area contributed by atoms with Gasteiger partial charge in [0.1, 0.15) is 11.2 Å². The standard InChI is InChI=1S/C40H26N4O2/c1-44-36-21-27(17-18-33(36)43-40(44)45)24-11-13-25(14-12-24)34-23-35(42-39(41-34)26-7-3-2-4-8-26)29-16-15-28-22-38-32(20-30(28)19-29)31-9-5-6-10-37(31)46-38/h2-23H,1H3,(H,43,45). The van der Waals surface area contributed by atoms with Crippen LogP contribution < -0.4 is 5.69 Å². The highest BCUT2D eigenvalue weighted by Gasteiger charge is 2.14. The summed E-state index contributed by atoms with van der Waals surface area (Å²) in [5.41, 5.74) is 10.1. The molecule has 0 unspecified atom stereocenters. The number of para-hydroxylation sites is 1. The molecule has 46 heavy (non-hydrogen) atoms. The van der Waals surface area contributed by atoms with Gasteiger partial charge in [0.05, 0.1) is 22.4 Å². The van der Waals surface area contributed by atoms with Crippen LogP contribution in [0.1, 0.15) is 0 Å². The smallest absolute Gasteiger partial charge is 0.326 e. The van der Waals surface area contributed by atoms with Crippen molar-refractivity contribution in [1.82, 2.24) is 19.5 Å². The summed E-state index contributed by atoms with van der Waals surface area (Å²) in [6, 6.07) is 45.5. The number of hydrogen-bond donors (Lipinski definition) is 1. The van der Waals surface area contributed by atoms with Crippen LogP contribution in [-0.2, 0) is 7.05 Å². The lowest BCUT2D eigenvalue weighted by atomic mass is 10.00. The summed E-state index contributed by atoms with van der Waals surface area (Å²) in [5.74, 6) is 0.674. The minimum atomic E-state index is -0.119. The van der Waals surface area contributed by atoms with E-state index in [1.165, 1.54) is 0 Å². The average Bonchev–Trinajstić information content (AvgIpc) is 3.62.